The third-order valence-corrected chi connectivity index (χ3v) is 4.88. The summed E-state index contributed by atoms with van der Waals surface area (Å²) in [6, 6.07) is 12.4. The fourth-order valence-corrected chi connectivity index (χ4v) is 3.33. The van der Waals surface area contributed by atoms with Gasteiger partial charge in [-0.25, -0.2) is 0 Å². The van der Waals surface area contributed by atoms with Crippen LogP contribution in [0.4, 0.5) is 13.2 Å². The number of methoxy groups -OCH3 is 1. The van der Waals surface area contributed by atoms with E-state index in [0.717, 1.165) is 30.7 Å². The van der Waals surface area contributed by atoms with E-state index in [1.807, 2.05) is 4.90 Å². The minimum absolute atomic E-state index is 0.0321. The fourth-order valence-electron chi connectivity index (χ4n) is 3.33. The number of amides is 1. The summed E-state index contributed by atoms with van der Waals surface area (Å²) >= 11 is 0. The Balaban J connectivity index is 1.59. The molecule has 1 heterocycles. The second kappa shape index (κ2) is 8.65. The van der Waals surface area contributed by atoms with Gasteiger partial charge in [0.25, 0.3) is 5.91 Å². The molecule has 2 aromatic rings. The van der Waals surface area contributed by atoms with Crippen LogP contribution in [0, 0.1) is 0 Å². The average Bonchev–Trinajstić information content (AvgIpc) is 2.93. The van der Waals surface area contributed by atoms with E-state index >= 15 is 0 Å². The van der Waals surface area contributed by atoms with Crippen molar-refractivity contribution in [1.82, 2.24) is 9.80 Å². The van der Waals surface area contributed by atoms with Gasteiger partial charge in [0.2, 0.25) is 0 Å². The van der Waals surface area contributed by atoms with Gasteiger partial charge in [-0.3, -0.25) is 9.69 Å². The van der Waals surface area contributed by atoms with Crippen molar-refractivity contribution < 1.29 is 22.7 Å². The first-order valence-corrected chi connectivity index (χ1v) is 9.18. The van der Waals surface area contributed by atoms with Crippen molar-refractivity contribution in [2.24, 2.45) is 0 Å². The van der Waals surface area contributed by atoms with Crippen LogP contribution in [0.1, 0.15) is 27.9 Å². The number of hydrogen-bond donors (Lipinski definition) is 0. The molecule has 1 aliphatic rings. The van der Waals surface area contributed by atoms with E-state index in [4.69, 9.17) is 4.74 Å². The maximum absolute atomic E-state index is 12.8. The van der Waals surface area contributed by atoms with Gasteiger partial charge >= 0.3 is 6.18 Å². The van der Waals surface area contributed by atoms with Crippen molar-refractivity contribution in [2.75, 3.05) is 33.3 Å². The molecule has 1 amide bonds. The number of carbonyl (C=O) groups excluding carboxylic acids is 1. The van der Waals surface area contributed by atoms with Crippen molar-refractivity contribution in [2.45, 2.75) is 19.1 Å². The van der Waals surface area contributed by atoms with Crippen molar-refractivity contribution in [1.29, 1.82) is 0 Å². The maximum atomic E-state index is 12.8. The molecule has 0 aromatic heterocycles. The molecule has 0 N–H and O–H groups in total. The van der Waals surface area contributed by atoms with Gasteiger partial charge in [0.1, 0.15) is 5.75 Å². The molecular weight excluding hydrogens is 369 g/mol. The Bertz CT molecular complexity index is 806. The van der Waals surface area contributed by atoms with E-state index in [9.17, 15) is 18.0 Å². The van der Waals surface area contributed by atoms with Gasteiger partial charge < -0.3 is 9.64 Å². The number of alkyl halides is 3. The summed E-state index contributed by atoms with van der Waals surface area (Å²) in [7, 11) is 1.56. The summed E-state index contributed by atoms with van der Waals surface area (Å²) in [5.41, 5.74) is 0.790. The molecule has 7 heteroatoms. The molecule has 4 nitrogen and oxygen atoms in total. The number of nitrogens with zero attached hydrogens (tertiary/aromatic N) is 2. The second-order valence-electron chi connectivity index (χ2n) is 6.85. The highest BCUT2D eigenvalue weighted by Gasteiger charge is 2.30. The van der Waals surface area contributed by atoms with E-state index in [2.05, 4.69) is 4.90 Å². The molecule has 2 aromatic carbocycles. The van der Waals surface area contributed by atoms with E-state index in [0.29, 0.717) is 37.5 Å². The number of ether oxygens (including phenoxy) is 1. The van der Waals surface area contributed by atoms with Crippen molar-refractivity contribution in [3.05, 3.63) is 65.2 Å². The molecule has 1 saturated heterocycles. The second-order valence-corrected chi connectivity index (χ2v) is 6.85. The summed E-state index contributed by atoms with van der Waals surface area (Å²) in [6.45, 7) is 3.27. The highest BCUT2D eigenvalue weighted by molar-refractivity contribution is 5.94. The lowest BCUT2D eigenvalue weighted by atomic mass is 10.1. The average molecular weight is 392 g/mol. The summed E-state index contributed by atoms with van der Waals surface area (Å²) in [6.07, 6.45) is -3.50. The lowest BCUT2D eigenvalue weighted by molar-refractivity contribution is -0.137. The molecule has 0 saturated carbocycles. The standard InChI is InChI=1S/C21H23F3N2O2/c1-28-19-5-2-4-17(14-19)20(27)26-11-3-10-25(12-13-26)15-16-6-8-18(9-7-16)21(22,23)24/h2,4-9,14H,3,10-13,15H2,1H3. The molecule has 3 rings (SSSR count). The molecular formula is C21H23F3N2O2. The Morgan fingerprint density at radius 1 is 1.04 bits per heavy atom. The number of halogens is 3. The van der Waals surface area contributed by atoms with E-state index < -0.39 is 11.7 Å². The predicted octanol–water partition coefficient (Wildman–Crippen LogP) is 4.06. The lowest BCUT2D eigenvalue weighted by Crippen LogP contribution is -2.35. The molecule has 0 radical (unpaired) electrons. The monoisotopic (exact) mass is 392 g/mol. The topological polar surface area (TPSA) is 32.8 Å². The molecule has 0 unspecified atom stereocenters. The molecule has 150 valence electrons. The minimum atomic E-state index is -4.32. The highest BCUT2D eigenvalue weighted by atomic mass is 19.4. The highest BCUT2D eigenvalue weighted by Crippen LogP contribution is 2.29. The third-order valence-electron chi connectivity index (χ3n) is 4.88. The van der Waals surface area contributed by atoms with Gasteiger partial charge in [-0.2, -0.15) is 13.2 Å². The largest absolute Gasteiger partial charge is 0.497 e. The normalized spacial score (nSPS) is 15.9. The van der Waals surface area contributed by atoms with Gasteiger partial charge in [0.15, 0.2) is 0 Å². The summed E-state index contributed by atoms with van der Waals surface area (Å²) in [4.78, 5) is 16.8. The Hall–Kier alpha value is -2.54. The van der Waals surface area contributed by atoms with E-state index in [1.165, 1.54) is 12.1 Å². The molecule has 0 aliphatic carbocycles. The quantitative estimate of drug-likeness (QED) is 0.787. The Morgan fingerprint density at radius 3 is 2.46 bits per heavy atom. The van der Waals surface area contributed by atoms with E-state index in [1.54, 1.807) is 31.4 Å². The third kappa shape index (κ3) is 5.04. The number of benzene rings is 2. The van der Waals surface area contributed by atoms with Crippen LogP contribution >= 0.6 is 0 Å². The smallest absolute Gasteiger partial charge is 0.416 e. The first-order valence-electron chi connectivity index (χ1n) is 9.18. The zero-order valence-electron chi connectivity index (χ0n) is 15.7. The predicted molar refractivity (Wildman–Crippen MR) is 100 cm³/mol. The number of rotatable bonds is 4. The van der Waals surface area contributed by atoms with E-state index in [-0.39, 0.29) is 5.91 Å². The van der Waals surface area contributed by atoms with Crippen LogP contribution < -0.4 is 4.74 Å². The van der Waals surface area contributed by atoms with Crippen LogP contribution in [-0.2, 0) is 12.7 Å². The zero-order chi connectivity index (χ0) is 20.1. The number of hydrogen-bond acceptors (Lipinski definition) is 3. The Morgan fingerprint density at radius 2 is 1.79 bits per heavy atom. The van der Waals surface area contributed by atoms with Gasteiger partial charge in [-0.15, -0.1) is 0 Å². The van der Waals surface area contributed by atoms with Crippen molar-refractivity contribution in [3.8, 4) is 5.75 Å². The van der Waals surface area contributed by atoms with Crippen molar-refractivity contribution in [3.63, 3.8) is 0 Å². The Kier molecular flexibility index (Phi) is 6.24. The number of carbonyl (C=O) groups is 1. The molecule has 0 bridgehead atoms. The van der Waals surface area contributed by atoms with Gasteiger partial charge in [-0.05, 0) is 42.3 Å². The molecule has 1 aliphatic heterocycles. The summed E-state index contributed by atoms with van der Waals surface area (Å²) in [5.74, 6) is 0.611. The van der Waals surface area contributed by atoms with Crippen LogP contribution in [-0.4, -0.2) is 49.0 Å². The minimum Gasteiger partial charge on any atom is -0.497 e. The Labute approximate surface area is 162 Å². The van der Waals surface area contributed by atoms with Gasteiger partial charge in [0, 0.05) is 38.3 Å². The summed E-state index contributed by atoms with van der Waals surface area (Å²) in [5, 5.41) is 0. The van der Waals surface area contributed by atoms with Gasteiger partial charge in [0.05, 0.1) is 12.7 Å². The van der Waals surface area contributed by atoms with Crippen LogP contribution in [0.2, 0.25) is 0 Å². The van der Waals surface area contributed by atoms with Crippen LogP contribution in [0.5, 0.6) is 5.75 Å². The molecule has 28 heavy (non-hydrogen) atoms. The van der Waals surface area contributed by atoms with Crippen molar-refractivity contribution >= 4 is 5.91 Å². The molecule has 0 atom stereocenters. The summed E-state index contributed by atoms with van der Waals surface area (Å²) < 4.78 is 43.2. The van der Waals surface area contributed by atoms with Crippen LogP contribution in [0.25, 0.3) is 0 Å². The lowest BCUT2D eigenvalue weighted by Gasteiger charge is -2.22. The van der Waals surface area contributed by atoms with Crippen LogP contribution in [0.15, 0.2) is 48.5 Å². The molecule has 0 spiro atoms. The maximum Gasteiger partial charge on any atom is 0.416 e. The van der Waals surface area contributed by atoms with Gasteiger partial charge in [-0.1, -0.05) is 18.2 Å². The first-order chi connectivity index (χ1) is 13.4. The van der Waals surface area contributed by atoms with Crippen LogP contribution in [0.3, 0.4) is 0 Å². The fraction of sp³-hybridized carbons (Fsp3) is 0.381. The SMILES string of the molecule is COc1cccc(C(=O)N2CCCN(Cc3ccc(C(F)(F)F)cc3)CC2)c1. The zero-order valence-corrected chi connectivity index (χ0v) is 15.7. The molecule has 1 fully saturated rings. The first kappa shape index (κ1) is 20.2.